The van der Waals surface area contributed by atoms with E-state index in [4.69, 9.17) is 23.8 Å². The van der Waals surface area contributed by atoms with Crippen molar-refractivity contribution in [3.8, 4) is 0 Å². The lowest BCUT2D eigenvalue weighted by Crippen LogP contribution is -2.19. The Morgan fingerprint density at radius 2 is 1.46 bits per heavy atom. The molecule has 0 amide bonds. The largest absolute Gasteiger partial charge is 0.332 e. The van der Waals surface area contributed by atoms with Crippen LogP contribution in [0.25, 0.3) is 0 Å². The van der Waals surface area contributed by atoms with Crippen LogP contribution in [0.3, 0.4) is 0 Å². The van der Waals surface area contributed by atoms with Crippen LogP contribution >= 0.6 is 23.8 Å². The lowest BCUT2D eigenvalue weighted by atomic mass is 10.3. The van der Waals surface area contributed by atoms with Gasteiger partial charge in [-0.2, -0.15) is 0 Å². The SMILES string of the molecule is O=S(=O)(Nc1ccc(Cl)cc1)c1ccc(NC(=S)Nc2cccc(F)c2)cc1. The molecule has 0 heterocycles. The first-order valence-electron chi connectivity index (χ1n) is 8.04. The maximum Gasteiger partial charge on any atom is 0.261 e. The normalized spacial score (nSPS) is 10.9. The number of nitrogens with one attached hydrogen (secondary N) is 3. The molecule has 3 aromatic carbocycles. The molecule has 3 rings (SSSR count). The zero-order valence-corrected chi connectivity index (χ0v) is 16.7. The highest BCUT2D eigenvalue weighted by atomic mass is 35.5. The Morgan fingerprint density at radius 1 is 0.857 bits per heavy atom. The number of sulfonamides is 1. The van der Waals surface area contributed by atoms with Crippen molar-refractivity contribution in [2.45, 2.75) is 4.90 Å². The van der Waals surface area contributed by atoms with Crippen molar-refractivity contribution in [3.63, 3.8) is 0 Å². The highest BCUT2D eigenvalue weighted by Gasteiger charge is 2.14. The van der Waals surface area contributed by atoms with Gasteiger partial charge in [0.25, 0.3) is 10.0 Å². The molecule has 0 spiro atoms. The molecule has 3 aromatic rings. The Morgan fingerprint density at radius 3 is 2.11 bits per heavy atom. The molecule has 9 heteroatoms. The quantitative estimate of drug-likeness (QED) is 0.487. The van der Waals surface area contributed by atoms with Crippen LogP contribution in [0, 0.1) is 5.82 Å². The molecule has 144 valence electrons. The molecule has 0 saturated carbocycles. The van der Waals surface area contributed by atoms with Crippen molar-refractivity contribution in [2.75, 3.05) is 15.4 Å². The average molecular weight is 436 g/mol. The Kier molecular flexibility index (Phi) is 6.13. The molecule has 0 radical (unpaired) electrons. The fourth-order valence-corrected chi connectivity index (χ4v) is 3.73. The van der Waals surface area contributed by atoms with E-state index in [-0.39, 0.29) is 15.8 Å². The number of rotatable bonds is 5. The van der Waals surface area contributed by atoms with E-state index in [1.165, 1.54) is 24.3 Å². The summed E-state index contributed by atoms with van der Waals surface area (Å²) in [6.45, 7) is 0. The van der Waals surface area contributed by atoms with Crippen LogP contribution in [0.15, 0.2) is 77.7 Å². The van der Waals surface area contributed by atoms with Gasteiger partial charge in [-0.15, -0.1) is 0 Å². The Labute approximate surface area is 172 Å². The van der Waals surface area contributed by atoms with E-state index in [9.17, 15) is 12.8 Å². The van der Waals surface area contributed by atoms with Gasteiger partial charge < -0.3 is 10.6 Å². The Bertz CT molecular complexity index is 1090. The molecule has 0 aromatic heterocycles. The fraction of sp³-hybridized carbons (Fsp3) is 0. The Hall–Kier alpha value is -2.68. The minimum Gasteiger partial charge on any atom is -0.332 e. The van der Waals surface area contributed by atoms with Gasteiger partial charge in [0.05, 0.1) is 4.90 Å². The zero-order valence-electron chi connectivity index (χ0n) is 14.3. The van der Waals surface area contributed by atoms with E-state index in [1.54, 1.807) is 48.5 Å². The summed E-state index contributed by atoms with van der Waals surface area (Å²) in [6, 6.07) is 18.3. The van der Waals surface area contributed by atoms with Gasteiger partial charge in [-0.3, -0.25) is 4.72 Å². The second kappa shape index (κ2) is 8.55. The van der Waals surface area contributed by atoms with Crippen LogP contribution in [-0.4, -0.2) is 13.5 Å². The first-order valence-corrected chi connectivity index (χ1v) is 10.3. The standard InChI is InChI=1S/C19H15ClFN3O2S2/c20-13-4-6-16(7-5-13)24-28(25,26)18-10-8-15(9-11-18)22-19(27)23-17-3-1-2-14(21)12-17/h1-12,24H,(H2,22,23,27). The number of benzene rings is 3. The number of halogens is 2. The molecule has 28 heavy (non-hydrogen) atoms. The molecule has 0 fully saturated rings. The number of thiocarbonyl (C=S) groups is 1. The fourth-order valence-electron chi connectivity index (χ4n) is 2.31. The van der Waals surface area contributed by atoms with E-state index >= 15 is 0 Å². The third-order valence-electron chi connectivity index (χ3n) is 3.60. The molecule has 3 N–H and O–H groups in total. The molecule has 0 aliphatic heterocycles. The predicted octanol–water partition coefficient (Wildman–Crippen LogP) is 5.09. The molecule has 0 saturated heterocycles. The Balaban J connectivity index is 1.65. The van der Waals surface area contributed by atoms with Gasteiger partial charge in [0.2, 0.25) is 0 Å². The van der Waals surface area contributed by atoms with Crippen LogP contribution in [0.4, 0.5) is 21.5 Å². The molecule has 0 unspecified atom stereocenters. The summed E-state index contributed by atoms with van der Waals surface area (Å²) in [5, 5.41) is 6.53. The molecule has 0 atom stereocenters. The topological polar surface area (TPSA) is 70.2 Å². The maximum atomic E-state index is 13.2. The van der Waals surface area contributed by atoms with Crippen molar-refractivity contribution in [3.05, 3.63) is 83.6 Å². The van der Waals surface area contributed by atoms with Gasteiger partial charge in [0.1, 0.15) is 5.82 Å². The van der Waals surface area contributed by atoms with Crippen LogP contribution in [0.2, 0.25) is 5.02 Å². The average Bonchev–Trinajstić information content (AvgIpc) is 2.64. The third-order valence-corrected chi connectivity index (χ3v) is 5.45. The third kappa shape index (κ3) is 5.41. The van der Waals surface area contributed by atoms with Crippen LogP contribution < -0.4 is 15.4 Å². The molecular weight excluding hydrogens is 421 g/mol. The second-order valence-electron chi connectivity index (χ2n) is 5.73. The summed E-state index contributed by atoms with van der Waals surface area (Å²) in [4.78, 5) is 0.0945. The summed E-state index contributed by atoms with van der Waals surface area (Å²) in [6.07, 6.45) is 0. The zero-order chi connectivity index (χ0) is 20.1. The van der Waals surface area contributed by atoms with Crippen LogP contribution in [0.1, 0.15) is 0 Å². The molecule has 0 aliphatic carbocycles. The summed E-state index contributed by atoms with van der Waals surface area (Å²) < 4.78 is 40.6. The van der Waals surface area contributed by atoms with Crippen LogP contribution in [0.5, 0.6) is 0 Å². The van der Waals surface area contributed by atoms with Crippen LogP contribution in [-0.2, 0) is 10.0 Å². The first kappa shape index (κ1) is 20.1. The smallest absolute Gasteiger partial charge is 0.261 e. The van der Waals surface area contributed by atoms with E-state index in [0.29, 0.717) is 22.1 Å². The number of anilines is 3. The minimum absolute atomic E-state index is 0.0945. The van der Waals surface area contributed by atoms with Gasteiger partial charge in [-0.1, -0.05) is 17.7 Å². The summed E-state index contributed by atoms with van der Waals surface area (Å²) in [7, 11) is -3.74. The molecule has 5 nitrogen and oxygen atoms in total. The first-order chi connectivity index (χ1) is 13.3. The van der Waals surface area contributed by atoms with Crippen molar-refractivity contribution in [1.82, 2.24) is 0 Å². The van der Waals surface area contributed by atoms with Crippen molar-refractivity contribution >= 4 is 56.0 Å². The molecule has 0 bridgehead atoms. The predicted molar refractivity (Wildman–Crippen MR) is 115 cm³/mol. The van der Waals surface area contributed by atoms with E-state index in [0.717, 1.165) is 0 Å². The highest BCUT2D eigenvalue weighted by molar-refractivity contribution is 7.92. The van der Waals surface area contributed by atoms with Gasteiger partial charge in [0, 0.05) is 22.1 Å². The molecule has 0 aliphatic rings. The van der Waals surface area contributed by atoms with Gasteiger partial charge in [-0.25, -0.2) is 12.8 Å². The van der Waals surface area contributed by atoms with E-state index in [2.05, 4.69) is 15.4 Å². The van der Waals surface area contributed by atoms with E-state index in [1.807, 2.05) is 0 Å². The monoisotopic (exact) mass is 435 g/mol. The molecular formula is C19H15ClFN3O2S2. The number of hydrogen-bond acceptors (Lipinski definition) is 3. The lowest BCUT2D eigenvalue weighted by molar-refractivity contribution is 0.601. The van der Waals surface area contributed by atoms with Crippen molar-refractivity contribution < 1.29 is 12.8 Å². The highest BCUT2D eigenvalue weighted by Crippen LogP contribution is 2.20. The number of hydrogen-bond donors (Lipinski definition) is 3. The summed E-state index contributed by atoms with van der Waals surface area (Å²) in [5.74, 6) is -0.379. The minimum atomic E-state index is -3.74. The van der Waals surface area contributed by atoms with Crippen molar-refractivity contribution in [1.29, 1.82) is 0 Å². The van der Waals surface area contributed by atoms with Gasteiger partial charge >= 0.3 is 0 Å². The summed E-state index contributed by atoms with van der Waals surface area (Å²) in [5.41, 5.74) is 1.50. The van der Waals surface area contributed by atoms with Gasteiger partial charge in [-0.05, 0) is 78.9 Å². The maximum absolute atomic E-state index is 13.2. The van der Waals surface area contributed by atoms with Crippen molar-refractivity contribution in [2.24, 2.45) is 0 Å². The summed E-state index contributed by atoms with van der Waals surface area (Å²) >= 11 is 11.0. The lowest BCUT2D eigenvalue weighted by Gasteiger charge is -2.12. The second-order valence-corrected chi connectivity index (χ2v) is 8.25. The van der Waals surface area contributed by atoms with Gasteiger partial charge in [0.15, 0.2) is 5.11 Å². The van der Waals surface area contributed by atoms with E-state index < -0.39 is 10.0 Å².